The number of hydrogen-bond donors (Lipinski definition) is 2. The van der Waals surface area contributed by atoms with Crippen molar-refractivity contribution in [3.63, 3.8) is 0 Å². The predicted octanol–water partition coefficient (Wildman–Crippen LogP) is 3.54. The minimum atomic E-state index is 0.273. The van der Waals surface area contributed by atoms with Gasteiger partial charge in [-0.3, -0.25) is 4.99 Å². The van der Waals surface area contributed by atoms with E-state index in [-0.39, 0.29) is 6.10 Å². The summed E-state index contributed by atoms with van der Waals surface area (Å²) in [4.78, 5) is 4.31. The van der Waals surface area contributed by atoms with Gasteiger partial charge in [-0.15, -0.1) is 0 Å². The highest BCUT2D eigenvalue weighted by Gasteiger charge is 2.15. The van der Waals surface area contributed by atoms with Crippen LogP contribution in [0.4, 0.5) is 0 Å². The Morgan fingerprint density at radius 3 is 2.77 bits per heavy atom. The molecule has 1 fully saturated rings. The van der Waals surface area contributed by atoms with Crippen molar-refractivity contribution >= 4 is 5.96 Å². The smallest absolute Gasteiger partial charge is 0.191 e. The Morgan fingerprint density at radius 1 is 1.10 bits per heavy atom. The molecule has 2 N–H and O–H groups in total. The van der Waals surface area contributed by atoms with Crippen molar-refractivity contribution in [2.75, 3.05) is 40.0 Å². The minimum Gasteiger partial charge on any atom is -0.493 e. The molecule has 0 amide bonds. The summed E-state index contributed by atoms with van der Waals surface area (Å²) < 4.78 is 16.8. The van der Waals surface area contributed by atoms with Crippen LogP contribution in [-0.2, 0) is 22.4 Å². The van der Waals surface area contributed by atoms with Crippen molar-refractivity contribution in [2.24, 2.45) is 4.99 Å². The molecule has 2 aliphatic rings. The number of ether oxygens (including phenoxy) is 3. The largest absolute Gasteiger partial charge is 0.493 e. The maximum absolute atomic E-state index is 5.79. The van der Waals surface area contributed by atoms with Gasteiger partial charge in [0.25, 0.3) is 0 Å². The highest BCUT2D eigenvalue weighted by atomic mass is 16.5. The number of aryl methyl sites for hydroxylation is 1. The Labute approximate surface area is 185 Å². The molecule has 1 atom stereocenters. The van der Waals surface area contributed by atoms with E-state index in [0.717, 1.165) is 76.9 Å². The third kappa shape index (κ3) is 6.21. The van der Waals surface area contributed by atoms with E-state index in [1.807, 2.05) is 0 Å². The molecule has 0 radical (unpaired) electrons. The molecule has 2 heterocycles. The lowest BCUT2D eigenvalue weighted by molar-refractivity contribution is 0.0420. The van der Waals surface area contributed by atoms with Gasteiger partial charge in [0.05, 0.1) is 19.3 Å². The molecular weight excluding hydrogens is 390 g/mol. The van der Waals surface area contributed by atoms with Gasteiger partial charge in [-0.05, 0) is 60.1 Å². The number of hydrogen-bond acceptors (Lipinski definition) is 4. The molecule has 4 rings (SSSR count). The number of nitrogens with one attached hydrogen (secondary N) is 2. The van der Waals surface area contributed by atoms with Gasteiger partial charge in [0.2, 0.25) is 0 Å². The number of rotatable bonds is 8. The highest BCUT2D eigenvalue weighted by Crippen LogP contribution is 2.30. The van der Waals surface area contributed by atoms with Crippen LogP contribution in [0.1, 0.15) is 30.4 Å². The summed E-state index contributed by atoms with van der Waals surface area (Å²) in [7, 11) is 1.80. The minimum absolute atomic E-state index is 0.273. The summed E-state index contributed by atoms with van der Waals surface area (Å²) in [5, 5.41) is 6.73. The molecule has 0 saturated carbocycles. The van der Waals surface area contributed by atoms with Crippen molar-refractivity contribution in [2.45, 2.75) is 38.3 Å². The standard InChI is InChI=1S/C25H33N3O3/c1-26-25(27-12-3-14-30-23-11-15-29-18-23)28-17-19-5-7-20(8-6-19)21-9-10-24-22(16-21)4-2-13-31-24/h5-10,16,23H,2-4,11-15,17-18H2,1H3,(H2,26,27,28). The first-order valence-corrected chi connectivity index (χ1v) is 11.3. The Balaban J connectivity index is 1.21. The number of guanidine groups is 1. The van der Waals surface area contributed by atoms with Gasteiger partial charge >= 0.3 is 0 Å². The van der Waals surface area contributed by atoms with E-state index >= 15 is 0 Å². The van der Waals surface area contributed by atoms with Crippen LogP contribution in [-0.4, -0.2) is 52.1 Å². The molecular formula is C25H33N3O3. The monoisotopic (exact) mass is 423 g/mol. The maximum Gasteiger partial charge on any atom is 0.191 e. The lowest BCUT2D eigenvalue weighted by Crippen LogP contribution is -2.37. The molecule has 0 bridgehead atoms. The zero-order valence-electron chi connectivity index (χ0n) is 18.4. The fourth-order valence-corrected chi connectivity index (χ4v) is 3.93. The van der Waals surface area contributed by atoms with Crippen molar-refractivity contribution in [1.82, 2.24) is 10.6 Å². The zero-order valence-corrected chi connectivity index (χ0v) is 18.4. The lowest BCUT2D eigenvalue weighted by atomic mass is 9.98. The van der Waals surface area contributed by atoms with Crippen molar-refractivity contribution in [3.05, 3.63) is 53.6 Å². The molecule has 2 aromatic rings. The molecule has 2 aromatic carbocycles. The molecule has 0 spiro atoms. The van der Waals surface area contributed by atoms with Crippen LogP contribution < -0.4 is 15.4 Å². The van der Waals surface area contributed by atoms with E-state index in [9.17, 15) is 0 Å². The molecule has 1 unspecified atom stereocenters. The van der Waals surface area contributed by atoms with E-state index in [1.54, 1.807) is 7.05 Å². The van der Waals surface area contributed by atoms with Gasteiger partial charge in [0.1, 0.15) is 5.75 Å². The van der Waals surface area contributed by atoms with E-state index < -0.39 is 0 Å². The van der Waals surface area contributed by atoms with Crippen LogP contribution in [0.3, 0.4) is 0 Å². The summed E-state index contributed by atoms with van der Waals surface area (Å²) in [6.45, 7) is 4.69. The number of benzene rings is 2. The Hall–Kier alpha value is -2.57. The van der Waals surface area contributed by atoms with Crippen LogP contribution in [0, 0.1) is 0 Å². The molecule has 166 valence electrons. The molecule has 2 aliphatic heterocycles. The molecule has 31 heavy (non-hydrogen) atoms. The van der Waals surface area contributed by atoms with Crippen LogP contribution in [0.2, 0.25) is 0 Å². The first-order chi connectivity index (χ1) is 15.3. The number of fused-ring (bicyclic) bond motifs is 1. The SMILES string of the molecule is CN=C(NCCCOC1CCOC1)NCc1ccc(-c2ccc3c(c2)CCCO3)cc1. The molecule has 6 heteroatoms. The number of nitrogens with zero attached hydrogens (tertiary/aromatic N) is 1. The summed E-state index contributed by atoms with van der Waals surface area (Å²) in [5.41, 5.74) is 5.00. The van der Waals surface area contributed by atoms with E-state index in [4.69, 9.17) is 14.2 Å². The number of aliphatic imine (C=N–C) groups is 1. The van der Waals surface area contributed by atoms with Gasteiger partial charge in [-0.2, -0.15) is 0 Å². The van der Waals surface area contributed by atoms with Gasteiger partial charge in [-0.25, -0.2) is 0 Å². The van der Waals surface area contributed by atoms with Crippen molar-refractivity contribution < 1.29 is 14.2 Å². The normalized spacial score (nSPS) is 18.4. The molecule has 1 saturated heterocycles. The third-order valence-corrected chi connectivity index (χ3v) is 5.73. The second kappa shape index (κ2) is 11.2. The molecule has 0 aromatic heterocycles. The van der Waals surface area contributed by atoms with Gasteiger partial charge in [0.15, 0.2) is 5.96 Å². The second-order valence-corrected chi connectivity index (χ2v) is 8.03. The fourth-order valence-electron chi connectivity index (χ4n) is 3.93. The summed E-state index contributed by atoms with van der Waals surface area (Å²) in [6.07, 6.45) is 4.42. The van der Waals surface area contributed by atoms with Gasteiger partial charge in [-0.1, -0.05) is 30.3 Å². The summed E-state index contributed by atoms with van der Waals surface area (Å²) in [6, 6.07) is 15.2. The first-order valence-electron chi connectivity index (χ1n) is 11.3. The fraction of sp³-hybridized carbons (Fsp3) is 0.480. The quantitative estimate of drug-likeness (QED) is 0.386. The lowest BCUT2D eigenvalue weighted by Gasteiger charge is -2.18. The van der Waals surface area contributed by atoms with E-state index in [1.165, 1.54) is 22.3 Å². The van der Waals surface area contributed by atoms with E-state index in [2.05, 4.69) is 58.1 Å². The van der Waals surface area contributed by atoms with Crippen molar-refractivity contribution in [3.8, 4) is 16.9 Å². The summed E-state index contributed by atoms with van der Waals surface area (Å²) in [5.74, 6) is 1.84. The van der Waals surface area contributed by atoms with Gasteiger partial charge in [0, 0.05) is 33.4 Å². The Kier molecular flexibility index (Phi) is 7.80. The van der Waals surface area contributed by atoms with Gasteiger partial charge < -0.3 is 24.8 Å². The van der Waals surface area contributed by atoms with Crippen LogP contribution in [0.25, 0.3) is 11.1 Å². The van der Waals surface area contributed by atoms with Crippen LogP contribution in [0.5, 0.6) is 5.75 Å². The average Bonchev–Trinajstić information content (AvgIpc) is 3.34. The topological polar surface area (TPSA) is 64.1 Å². The summed E-state index contributed by atoms with van der Waals surface area (Å²) >= 11 is 0. The Bertz CT molecular complexity index is 861. The molecule has 0 aliphatic carbocycles. The van der Waals surface area contributed by atoms with E-state index in [0.29, 0.717) is 0 Å². The predicted molar refractivity (Wildman–Crippen MR) is 124 cm³/mol. The average molecular weight is 424 g/mol. The molecule has 6 nitrogen and oxygen atoms in total. The first kappa shape index (κ1) is 21.7. The Morgan fingerprint density at radius 2 is 1.97 bits per heavy atom. The zero-order chi connectivity index (χ0) is 21.3. The third-order valence-electron chi connectivity index (χ3n) is 5.73. The van der Waals surface area contributed by atoms with Crippen LogP contribution >= 0.6 is 0 Å². The van der Waals surface area contributed by atoms with Crippen LogP contribution in [0.15, 0.2) is 47.5 Å². The maximum atomic E-state index is 5.79. The second-order valence-electron chi connectivity index (χ2n) is 8.03. The highest BCUT2D eigenvalue weighted by molar-refractivity contribution is 5.79. The van der Waals surface area contributed by atoms with Crippen molar-refractivity contribution in [1.29, 1.82) is 0 Å².